The summed E-state index contributed by atoms with van der Waals surface area (Å²) in [5.74, 6) is 0.759. The Morgan fingerprint density at radius 1 is 1.27 bits per heavy atom. The monoisotopic (exact) mass is 317 g/mol. The van der Waals surface area contributed by atoms with Crippen molar-refractivity contribution in [1.82, 2.24) is 0 Å². The van der Waals surface area contributed by atoms with E-state index in [4.69, 9.17) is 16.3 Å². The topological polar surface area (TPSA) is 38.3 Å². The number of ether oxygens (including phenoxy) is 1. The lowest BCUT2D eigenvalue weighted by Gasteiger charge is -2.16. The number of rotatable bonds is 5. The van der Waals surface area contributed by atoms with Gasteiger partial charge in [-0.1, -0.05) is 43.6 Å². The van der Waals surface area contributed by atoms with Gasteiger partial charge in [-0.05, 0) is 42.2 Å². The van der Waals surface area contributed by atoms with E-state index in [9.17, 15) is 4.79 Å². The molecule has 0 heterocycles. The largest absolute Gasteiger partial charge is 0.495 e. The maximum Gasteiger partial charge on any atom is 0.255 e. The third kappa shape index (κ3) is 3.60. The van der Waals surface area contributed by atoms with E-state index in [0.29, 0.717) is 22.3 Å². The first-order valence-electron chi connectivity index (χ1n) is 7.30. The predicted octanol–water partition coefficient (Wildman–Crippen LogP) is 5.11. The molecule has 0 aliphatic heterocycles. The summed E-state index contributed by atoms with van der Waals surface area (Å²) in [7, 11) is 1.54. The van der Waals surface area contributed by atoms with E-state index in [2.05, 4.69) is 19.2 Å². The van der Waals surface area contributed by atoms with Crippen molar-refractivity contribution < 1.29 is 9.53 Å². The van der Waals surface area contributed by atoms with Crippen molar-refractivity contribution in [1.29, 1.82) is 0 Å². The molecule has 0 bridgehead atoms. The Morgan fingerprint density at radius 2 is 2.00 bits per heavy atom. The first-order chi connectivity index (χ1) is 10.6. The van der Waals surface area contributed by atoms with Crippen molar-refractivity contribution in [2.24, 2.45) is 0 Å². The lowest BCUT2D eigenvalue weighted by Crippen LogP contribution is -2.14. The molecular formula is C18H20ClNO2. The molecule has 2 rings (SSSR count). The van der Waals surface area contributed by atoms with Crippen LogP contribution in [0.2, 0.25) is 5.02 Å². The zero-order valence-electron chi connectivity index (χ0n) is 13.0. The molecule has 0 spiro atoms. The molecule has 3 nitrogen and oxygen atoms in total. The van der Waals surface area contributed by atoms with Crippen molar-refractivity contribution in [3.63, 3.8) is 0 Å². The zero-order valence-corrected chi connectivity index (χ0v) is 13.8. The SMILES string of the molecule is CC[C@H](C)c1ccccc1NC(=O)c1ccc(OC)c(Cl)c1. The minimum atomic E-state index is -0.180. The first-order valence-corrected chi connectivity index (χ1v) is 7.68. The smallest absolute Gasteiger partial charge is 0.255 e. The van der Waals surface area contributed by atoms with Gasteiger partial charge in [0.05, 0.1) is 12.1 Å². The number of hydrogen-bond donors (Lipinski definition) is 1. The van der Waals surface area contributed by atoms with Crippen molar-refractivity contribution in [2.75, 3.05) is 12.4 Å². The first kappa shape index (κ1) is 16.4. The van der Waals surface area contributed by atoms with Gasteiger partial charge in [-0.2, -0.15) is 0 Å². The molecular weight excluding hydrogens is 298 g/mol. The number of anilines is 1. The third-order valence-corrected chi connectivity index (χ3v) is 4.06. The second-order valence-electron chi connectivity index (χ2n) is 5.20. The molecule has 1 atom stereocenters. The molecule has 0 saturated heterocycles. The van der Waals surface area contributed by atoms with Gasteiger partial charge < -0.3 is 10.1 Å². The van der Waals surface area contributed by atoms with Crippen LogP contribution in [0.15, 0.2) is 42.5 Å². The summed E-state index contributed by atoms with van der Waals surface area (Å²) in [6, 6.07) is 12.9. The zero-order chi connectivity index (χ0) is 16.1. The van der Waals surface area contributed by atoms with Gasteiger partial charge in [-0.3, -0.25) is 4.79 Å². The van der Waals surface area contributed by atoms with Crippen LogP contribution in [0, 0.1) is 0 Å². The molecule has 116 valence electrons. The fourth-order valence-corrected chi connectivity index (χ4v) is 2.52. The molecule has 2 aromatic carbocycles. The van der Waals surface area contributed by atoms with Gasteiger partial charge in [0.2, 0.25) is 0 Å². The third-order valence-electron chi connectivity index (χ3n) is 3.77. The number of benzene rings is 2. The highest BCUT2D eigenvalue weighted by atomic mass is 35.5. The van der Waals surface area contributed by atoms with E-state index in [1.165, 1.54) is 0 Å². The summed E-state index contributed by atoms with van der Waals surface area (Å²) in [4.78, 5) is 12.4. The van der Waals surface area contributed by atoms with Crippen molar-refractivity contribution >= 4 is 23.2 Å². The molecule has 2 aromatic rings. The molecule has 1 amide bonds. The van der Waals surface area contributed by atoms with Gasteiger partial charge in [0, 0.05) is 11.3 Å². The van der Waals surface area contributed by atoms with Gasteiger partial charge in [0.1, 0.15) is 5.75 Å². The molecule has 0 aromatic heterocycles. The number of nitrogens with one attached hydrogen (secondary N) is 1. The molecule has 0 aliphatic rings. The number of para-hydroxylation sites is 1. The van der Waals surface area contributed by atoms with Crippen molar-refractivity contribution in [3.8, 4) is 5.75 Å². The van der Waals surface area contributed by atoms with Crippen LogP contribution in [0.3, 0.4) is 0 Å². The van der Waals surface area contributed by atoms with Gasteiger partial charge >= 0.3 is 0 Å². The number of halogens is 1. The highest BCUT2D eigenvalue weighted by molar-refractivity contribution is 6.32. The maximum atomic E-state index is 12.4. The fourth-order valence-electron chi connectivity index (χ4n) is 2.26. The Bertz CT molecular complexity index is 670. The minimum Gasteiger partial charge on any atom is -0.495 e. The Labute approximate surface area is 136 Å². The summed E-state index contributed by atoms with van der Waals surface area (Å²) < 4.78 is 5.10. The molecule has 0 fully saturated rings. The number of hydrogen-bond acceptors (Lipinski definition) is 2. The van der Waals surface area contributed by atoms with Crippen LogP contribution in [0.4, 0.5) is 5.69 Å². The van der Waals surface area contributed by atoms with Crippen molar-refractivity contribution in [2.45, 2.75) is 26.2 Å². The minimum absolute atomic E-state index is 0.180. The summed E-state index contributed by atoms with van der Waals surface area (Å²) in [6.07, 6.45) is 1.02. The summed E-state index contributed by atoms with van der Waals surface area (Å²) in [5, 5.41) is 3.39. The Kier molecular flexibility index (Phi) is 5.45. The molecule has 1 N–H and O–H groups in total. The second kappa shape index (κ2) is 7.32. The lowest BCUT2D eigenvalue weighted by molar-refractivity contribution is 0.102. The highest BCUT2D eigenvalue weighted by Gasteiger charge is 2.13. The van der Waals surface area contributed by atoms with Crippen molar-refractivity contribution in [3.05, 3.63) is 58.6 Å². The summed E-state index contributed by atoms with van der Waals surface area (Å²) >= 11 is 6.08. The van der Waals surface area contributed by atoms with E-state index < -0.39 is 0 Å². The van der Waals surface area contributed by atoms with Crippen LogP contribution in [0.25, 0.3) is 0 Å². The number of amides is 1. The van der Waals surface area contributed by atoms with E-state index in [1.807, 2.05) is 24.3 Å². The van der Waals surface area contributed by atoms with Crippen LogP contribution < -0.4 is 10.1 Å². The van der Waals surface area contributed by atoms with Crippen LogP contribution in [-0.2, 0) is 0 Å². The van der Waals surface area contributed by atoms with Gasteiger partial charge in [0.25, 0.3) is 5.91 Å². The average molecular weight is 318 g/mol. The van der Waals surface area contributed by atoms with Crippen LogP contribution >= 0.6 is 11.6 Å². The molecule has 0 radical (unpaired) electrons. The predicted molar refractivity (Wildman–Crippen MR) is 91.1 cm³/mol. The lowest BCUT2D eigenvalue weighted by atomic mass is 9.97. The van der Waals surface area contributed by atoms with Crippen LogP contribution in [0.1, 0.15) is 42.1 Å². The van der Waals surface area contributed by atoms with Gasteiger partial charge in [0.15, 0.2) is 0 Å². The normalized spacial score (nSPS) is 11.8. The van der Waals surface area contributed by atoms with E-state index in [0.717, 1.165) is 17.7 Å². The van der Waals surface area contributed by atoms with Gasteiger partial charge in [-0.15, -0.1) is 0 Å². The van der Waals surface area contributed by atoms with Gasteiger partial charge in [-0.25, -0.2) is 0 Å². The fraction of sp³-hybridized carbons (Fsp3) is 0.278. The molecule has 0 aliphatic carbocycles. The second-order valence-corrected chi connectivity index (χ2v) is 5.61. The number of methoxy groups -OCH3 is 1. The Balaban J connectivity index is 2.24. The standard InChI is InChI=1S/C18H20ClNO2/c1-4-12(2)14-7-5-6-8-16(14)20-18(21)13-9-10-17(22-3)15(19)11-13/h5-12H,4H2,1-3H3,(H,20,21)/t12-/m0/s1. The summed E-state index contributed by atoms with van der Waals surface area (Å²) in [5.41, 5.74) is 2.48. The van der Waals surface area contributed by atoms with E-state index >= 15 is 0 Å². The quantitative estimate of drug-likeness (QED) is 0.831. The number of carbonyl (C=O) groups is 1. The number of carbonyl (C=O) groups excluding carboxylic acids is 1. The maximum absolute atomic E-state index is 12.4. The average Bonchev–Trinajstić information content (AvgIpc) is 2.54. The highest BCUT2D eigenvalue weighted by Crippen LogP contribution is 2.28. The molecule has 0 unspecified atom stereocenters. The van der Waals surface area contributed by atoms with Crippen LogP contribution in [0.5, 0.6) is 5.75 Å². The molecule has 0 saturated carbocycles. The Morgan fingerprint density at radius 3 is 2.64 bits per heavy atom. The molecule has 22 heavy (non-hydrogen) atoms. The van der Waals surface area contributed by atoms with E-state index in [-0.39, 0.29) is 5.91 Å². The Hall–Kier alpha value is -2.00. The van der Waals surface area contributed by atoms with Crippen LogP contribution in [-0.4, -0.2) is 13.0 Å². The molecule has 4 heteroatoms. The van der Waals surface area contributed by atoms with E-state index in [1.54, 1.807) is 25.3 Å². The summed E-state index contributed by atoms with van der Waals surface area (Å²) in [6.45, 7) is 4.28.